The standard InChI is InChI=1S/C21H19NO3/c1-15(16-7-3-2-4-8-16)22-21(24)14-25-20-12-11-17-9-5-6-10-18(17)19(20)13-23/h2-13,15H,14H2,1H3,(H,22,24)/t15-/m1/s1. The predicted octanol–water partition coefficient (Wildman–Crippen LogP) is 3.91. The molecule has 0 bridgehead atoms. The van der Waals surface area contributed by atoms with Crippen molar-refractivity contribution < 1.29 is 14.3 Å². The molecule has 0 aliphatic carbocycles. The molecule has 1 amide bonds. The number of rotatable bonds is 6. The van der Waals surface area contributed by atoms with Crippen LogP contribution in [-0.4, -0.2) is 18.8 Å². The van der Waals surface area contributed by atoms with Crippen LogP contribution in [0.2, 0.25) is 0 Å². The number of amides is 1. The second-order valence-electron chi connectivity index (χ2n) is 5.80. The van der Waals surface area contributed by atoms with Crippen molar-refractivity contribution >= 4 is 23.0 Å². The zero-order valence-electron chi connectivity index (χ0n) is 13.9. The maximum atomic E-state index is 12.1. The Hall–Kier alpha value is -3.14. The van der Waals surface area contributed by atoms with Crippen molar-refractivity contribution in [3.8, 4) is 5.75 Å². The number of benzene rings is 3. The molecule has 0 aliphatic heterocycles. The minimum Gasteiger partial charge on any atom is -0.483 e. The Balaban J connectivity index is 1.68. The van der Waals surface area contributed by atoms with E-state index >= 15 is 0 Å². The summed E-state index contributed by atoms with van der Waals surface area (Å²) >= 11 is 0. The quantitative estimate of drug-likeness (QED) is 0.696. The number of ether oxygens (including phenoxy) is 1. The molecule has 25 heavy (non-hydrogen) atoms. The third kappa shape index (κ3) is 3.86. The molecule has 4 heteroatoms. The molecule has 3 aromatic carbocycles. The lowest BCUT2D eigenvalue weighted by atomic mass is 10.0. The highest BCUT2D eigenvalue weighted by atomic mass is 16.5. The molecule has 4 nitrogen and oxygen atoms in total. The molecule has 3 rings (SSSR count). The lowest BCUT2D eigenvalue weighted by Crippen LogP contribution is -2.31. The molecule has 0 spiro atoms. The average Bonchev–Trinajstić information content (AvgIpc) is 2.66. The third-order valence-corrected chi connectivity index (χ3v) is 4.08. The molecule has 0 aromatic heterocycles. The van der Waals surface area contributed by atoms with E-state index in [9.17, 15) is 9.59 Å². The zero-order valence-corrected chi connectivity index (χ0v) is 13.9. The van der Waals surface area contributed by atoms with Gasteiger partial charge in [0.15, 0.2) is 12.9 Å². The van der Waals surface area contributed by atoms with Gasteiger partial charge in [-0.25, -0.2) is 0 Å². The van der Waals surface area contributed by atoms with Gasteiger partial charge in [0.25, 0.3) is 5.91 Å². The molecule has 0 fully saturated rings. The molecule has 0 aliphatic rings. The highest BCUT2D eigenvalue weighted by molar-refractivity contribution is 6.00. The van der Waals surface area contributed by atoms with Crippen molar-refractivity contribution in [2.45, 2.75) is 13.0 Å². The molecule has 0 heterocycles. The number of aldehydes is 1. The van der Waals surface area contributed by atoms with Crippen molar-refractivity contribution in [1.82, 2.24) is 5.32 Å². The Bertz CT molecular complexity index is 890. The molecule has 3 aromatic rings. The monoisotopic (exact) mass is 333 g/mol. The summed E-state index contributed by atoms with van der Waals surface area (Å²) in [6.07, 6.45) is 0.766. The molecule has 0 unspecified atom stereocenters. The number of carbonyl (C=O) groups is 2. The van der Waals surface area contributed by atoms with Gasteiger partial charge in [-0.05, 0) is 29.3 Å². The largest absolute Gasteiger partial charge is 0.483 e. The summed E-state index contributed by atoms with van der Waals surface area (Å²) in [4.78, 5) is 23.6. The van der Waals surface area contributed by atoms with Crippen molar-refractivity contribution in [3.63, 3.8) is 0 Å². The molecule has 0 saturated heterocycles. The van der Waals surface area contributed by atoms with E-state index in [2.05, 4.69) is 5.32 Å². The summed E-state index contributed by atoms with van der Waals surface area (Å²) in [6.45, 7) is 1.77. The fraction of sp³-hybridized carbons (Fsp3) is 0.143. The number of fused-ring (bicyclic) bond motifs is 1. The van der Waals surface area contributed by atoms with Crippen molar-refractivity contribution in [3.05, 3.63) is 77.9 Å². The van der Waals surface area contributed by atoms with Crippen LogP contribution in [0.1, 0.15) is 28.9 Å². The Labute approximate surface area is 146 Å². The minimum absolute atomic E-state index is 0.112. The molecule has 1 atom stereocenters. The van der Waals surface area contributed by atoms with Crippen LogP contribution in [0.4, 0.5) is 0 Å². The van der Waals surface area contributed by atoms with Gasteiger partial charge in [0.1, 0.15) is 5.75 Å². The maximum absolute atomic E-state index is 12.1. The second-order valence-corrected chi connectivity index (χ2v) is 5.80. The fourth-order valence-corrected chi connectivity index (χ4v) is 2.77. The predicted molar refractivity (Wildman–Crippen MR) is 97.8 cm³/mol. The Kier molecular flexibility index (Phi) is 5.09. The topological polar surface area (TPSA) is 55.4 Å². The van der Waals surface area contributed by atoms with Crippen LogP contribution in [0.5, 0.6) is 5.75 Å². The first kappa shape index (κ1) is 16.7. The third-order valence-electron chi connectivity index (χ3n) is 4.08. The lowest BCUT2D eigenvalue weighted by Gasteiger charge is -2.15. The van der Waals surface area contributed by atoms with E-state index in [1.807, 2.05) is 67.6 Å². The molecule has 0 radical (unpaired) electrons. The Morgan fingerprint density at radius 3 is 2.52 bits per heavy atom. The van der Waals surface area contributed by atoms with Crippen molar-refractivity contribution in [1.29, 1.82) is 0 Å². The van der Waals surface area contributed by atoms with Crippen LogP contribution in [0, 0.1) is 0 Å². The van der Waals surface area contributed by atoms with E-state index in [1.54, 1.807) is 6.07 Å². The first-order valence-electron chi connectivity index (χ1n) is 8.13. The molecular formula is C21H19NO3. The summed E-state index contributed by atoms with van der Waals surface area (Å²) in [5, 5.41) is 4.66. The highest BCUT2D eigenvalue weighted by Crippen LogP contribution is 2.26. The number of hydrogen-bond donors (Lipinski definition) is 1. The van der Waals surface area contributed by atoms with Crippen LogP contribution in [0.15, 0.2) is 66.7 Å². The van der Waals surface area contributed by atoms with Gasteiger partial charge >= 0.3 is 0 Å². The molecule has 1 N–H and O–H groups in total. The van der Waals surface area contributed by atoms with Gasteiger partial charge in [0.05, 0.1) is 11.6 Å². The Morgan fingerprint density at radius 2 is 1.76 bits per heavy atom. The van der Waals surface area contributed by atoms with E-state index in [1.165, 1.54) is 0 Å². The minimum atomic E-state index is -0.235. The lowest BCUT2D eigenvalue weighted by molar-refractivity contribution is -0.123. The SMILES string of the molecule is C[C@@H](NC(=O)COc1ccc2ccccc2c1C=O)c1ccccc1. The number of hydrogen-bond acceptors (Lipinski definition) is 3. The molecule has 0 saturated carbocycles. The first-order chi connectivity index (χ1) is 12.2. The van der Waals surface area contributed by atoms with Gasteiger partial charge < -0.3 is 10.1 Å². The van der Waals surface area contributed by atoms with Gasteiger partial charge in [0.2, 0.25) is 0 Å². The number of nitrogens with one attached hydrogen (secondary N) is 1. The number of carbonyl (C=O) groups excluding carboxylic acids is 2. The smallest absolute Gasteiger partial charge is 0.258 e. The summed E-state index contributed by atoms with van der Waals surface area (Å²) in [5.41, 5.74) is 1.48. The van der Waals surface area contributed by atoms with Crippen LogP contribution in [0.25, 0.3) is 10.8 Å². The molecule has 126 valence electrons. The van der Waals surface area contributed by atoms with Crippen molar-refractivity contribution in [2.24, 2.45) is 0 Å². The van der Waals surface area contributed by atoms with E-state index in [-0.39, 0.29) is 18.6 Å². The summed E-state index contributed by atoms with van der Waals surface area (Å²) in [5.74, 6) is 0.178. The molecular weight excluding hydrogens is 314 g/mol. The van der Waals surface area contributed by atoms with E-state index in [0.29, 0.717) is 11.3 Å². The van der Waals surface area contributed by atoms with Gasteiger partial charge in [-0.2, -0.15) is 0 Å². The van der Waals surface area contributed by atoms with Gasteiger partial charge in [-0.15, -0.1) is 0 Å². The summed E-state index contributed by atoms with van der Waals surface area (Å²) < 4.78 is 5.59. The van der Waals surface area contributed by atoms with E-state index in [0.717, 1.165) is 22.6 Å². The van der Waals surface area contributed by atoms with Crippen LogP contribution in [0.3, 0.4) is 0 Å². The fourth-order valence-electron chi connectivity index (χ4n) is 2.77. The normalized spacial score (nSPS) is 11.7. The van der Waals surface area contributed by atoms with Gasteiger partial charge in [-0.1, -0.05) is 60.7 Å². The summed E-state index contributed by atoms with van der Waals surface area (Å²) in [7, 11) is 0. The average molecular weight is 333 g/mol. The highest BCUT2D eigenvalue weighted by Gasteiger charge is 2.12. The van der Waals surface area contributed by atoms with Gasteiger partial charge in [0, 0.05) is 0 Å². The van der Waals surface area contributed by atoms with E-state index < -0.39 is 0 Å². The maximum Gasteiger partial charge on any atom is 0.258 e. The van der Waals surface area contributed by atoms with Crippen LogP contribution in [-0.2, 0) is 4.79 Å². The van der Waals surface area contributed by atoms with Crippen molar-refractivity contribution in [2.75, 3.05) is 6.61 Å². The van der Waals surface area contributed by atoms with Crippen LogP contribution >= 0.6 is 0 Å². The second kappa shape index (κ2) is 7.62. The first-order valence-corrected chi connectivity index (χ1v) is 8.13. The van der Waals surface area contributed by atoms with Crippen LogP contribution < -0.4 is 10.1 Å². The zero-order chi connectivity index (χ0) is 17.6. The van der Waals surface area contributed by atoms with E-state index in [4.69, 9.17) is 4.74 Å². The summed E-state index contributed by atoms with van der Waals surface area (Å²) in [6, 6.07) is 20.8. The van der Waals surface area contributed by atoms with Gasteiger partial charge in [-0.3, -0.25) is 9.59 Å². The Morgan fingerprint density at radius 1 is 1.04 bits per heavy atom.